The number of aryl methyl sites for hydroxylation is 1. The molecule has 0 bridgehead atoms. The molecule has 7 nitrogen and oxygen atoms in total. The molecule has 2 aromatic heterocycles. The topological polar surface area (TPSA) is 73.8 Å². The Kier molecular flexibility index (Phi) is 4.85. The van der Waals surface area contributed by atoms with Gasteiger partial charge in [-0.3, -0.25) is 13.9 Å². The van der Waals surface area contributed by atoms with E-state index in [4.69, 9.17) is 0 Å². The molecule has 1 N–H and O–H groups in total. The van der Waals surface area contributed by atoms with Gasteiger partial charge in [0.05, 0.1) is 6.33 Å². The minimum atomic E-state index is -0.364. The molecule has 0 aliphatic heterocycles. The molecular weight excluding hydrogens is 318 g/mol. The van der Waals surface area contributed by atoms with Crippen molar-refractivity contribution in [1.29, 1.82) is 0 Å². The molecular formula is C18H23N5O2. The summed E-state index contributed by atoms with van der Waals surface area (Å²) in [5, 5.41) is 3.47. The zero-order chi connectivity index (χ0) is 18.0. The summed E-state index contributed by atoms with van der Waals surface area (Å²) >= 11 is 0. The van der Waals surface area contributed by atoms with Gasteiger partial charge in [0.2, 0.25) is 0 Å². The average molecular weight is 341 g/mol. The number of fused-ring (bicyclic) bond motifs is 1. The fraction of sp³-hybridized carbons (Fsp3) is 0.389. The van der Waals surface area contributed by atoms with E-state index in [9.17, 15) is 9.59 Å². The van der Waals surface area contributed by atoms with Crippen molar-refractivity contribution in [2.45, 2.75) is 25.9 Å². The predicted molar refractivity (Wildman–Crippen MR) is 97.8 cm³/mol. The van der Waals surface area contributed by atoms with E-state index in [2.05, 4.69) is 29.4 Å². The van der Waals surface area contributed by atoms with Crippen molar-refractivity contribution in [3.63, 3.8) is 0 Å². The van der Waals surface area contributed by atoms with Crippen LogP contribution in [0.4, 0.5) is 0 Å². The van der Waals surface area contributed by atoms with E-state index in [0.29, 0.717) is 30.3 Å². The summed E-state index contributed by atoms with van der Waals surface area (Å²) in [5.74, 6) is 0. The van der Waals surface area contributed by atoms with E-state index < -0.39 is 0 Å². The number of benzene rings is 1. The minimum Gasteiger partial charge on any atom is -0.323 e. The number of imidazole rings is 1. The van der Waals surface area contributed by atoms with Gasteiger partial charge in [-0.15, -0.1) is 0 Å². The highest BCUT2D eigenvalue weighted by molar-refractivity contribution is 5.69. The summed E-state index contributed by atoms with van der Waals surface area (Å²) in [5.41, 5.74) is 1.50. The summed E-state index contributed by atoms with van der Waals surface area (Å²) in [6.07, 6.45) is 2.57. The number of rotatable bonds is 6. The van der Waals surface area contributed by atoms with Gasteiger partial charge < -0.3 is 9.88 Å². The molecule has 0 saturated heterocycles. The number of aromatic nitrogens is 4. The van der Waals surface area contributed by atoms with E-state index in [0.717, 1.165) is 11.0 Å². The lowest BCUT2D eigenvalue weighted by Crippen LogP contribution is -2.38. The smallest absolute Gasteiger partial charge is 0.323 e. The van der Waals surface area contributed by atoms with Crippen LogP contribution in [0.15, 0.2) is 46.2 Å². The van der Waals surface area contributed by atoms with Crippen molar-refractivity contribution in [3.05, 3.63) is 63.1 Å². The van der Waals surface area contributed by atoms with Gasteiger partial charge in [0.25, 0.3) is 5.56 Å². The molecule has 0 unspecified atom stereocenters. The van der Waals surface area contributed by atoms with Crippen molar-refractivity contribution in [1.82, 2.24) is 24.0 Å². The maximum Gasteiger partial charge on any atom is 0.332 e. The molecule has 0 aliphatic carbocycles. The van der Waals surface area contributed by atoms with Gasteiger partial charge >= 0.3 is 5.69 Å². The Bertz CT molecular complexity index is 984. The Balaban J connectivity index is 1.70. The second-order valence-electron chi connectivity index (χ2n) is 6.36. The summed E-state index contributed by atoms with van der Waals surface area (Å²) in [6.45, 7) is 3.47. The van der Waals surface area contributed by atoms with Gasteiger partial charge in [0, 0.05) is 33.2 Å². The lowest BCUT2D eigenvalue weighted by Gasteiger charge is -2.14. The van der Waals surface area contributed by atoms with E-state index in [1.54, 1.807) is 17.9 Å². The first-order valence-electron chi connectivity index (χ1n) is 8.37. The quantitative estimate of drug-likeness (QED) is 0.715. The maximum atomic E-state index is 12.4. The first-order valence-corrected chi connectivity index (χ1v) is 8.37. The summed E-state index contributed by atoms with van der Waals surface area (Å²) in [4.78, 5) is 28.6. The summed E-state index contributed by atoms with van der Waals surface area (Å²) < 4.78 is 4.32. The van der Waals surface area contributed by atoms with Crippen LogP contribution in [0.3, 0.4) is 0 Å². The number of nitrogens with zero attached hydrogens (tertiary/aromatic N) is 4. The third-order valence-corrected chi connectivity index (χ3v) is 4.45. The Hall–Kier alpha value is -2.67. The zero-order valence-corrected chi connectivity index (χ0v) is 14.8. The van der Waals surface area contributed by atoms with Crippen molar-refractivity contribution in [2.24, 2.45) is 14.1 Å². The monoisotopic (exact) mass is 341 g/mol. The lowest BCUT2D eigenvalue weighted by atomic mass is 10.1. The highest BCUT2D eigenvalue weighted by atomic mass is 16.2. The van der Waals surface area contributed by atoms with Crippen LogP contribution in [0.25, 0.3) is 11.2 Å². The third-order valence-electron chi connectivity index (χ3n) is 4.45. The van der Waals surface area contributed by atoms with E-state index in [1.807, 2.05) is 18.2 Å². The van der Waals surface area contributed by atoms with Crippen LogP contribution in [0.2, 0.25) is 0 Å². The van der Waals surface area contributed by atoms with Crippen LogP contribution in [0, 0.1) is 0 Å². The molecule has 3 rings (SSSR count). The largest absolute Gasteiger partial charge is 0.332 e. The van der Waals surface area contributed by atoms with E-state index >= 15 is 0 Å². The molecule has 0 aliphatic rings. The molecule has 1 aromatic carbocycles. The van der Waals surface area contributed by atoms with Gasteiger partial charge in [0.1, 0.15) is 0 Å². The third kappa shape index (κ3) is 3.41. The van der Waals surface area contributed by atoms with Crippen LogP contribution in [0.1, 0.15) is 12.5 Å². The highest BCUT2D eigenvalue weighted by Crippen LogP contribution is 2.05. The van der Waals surface area contributed by atoms with Gasteiger partial charge in [0.15, 0.2) is 11.2 Å². The highest BCUT2D eigenvalue weighted by Gasteiger charge is 2.14. The average Bonchev–Trinajstić information content (AvgIpc) is 3.03. The van der Waals surface area contributed by atoms with Crippen LogP contribution in [-0.4, -0.2) is 31.3 Å². The zero-order valence-electron chi connectivity index (χ0n) is 14.8. The SMILES string of the molecule is C[C@@H](Cc1ccccc1)NCCn1cnc2c1c(=O)n(C)c(=O)n2C. The van der Waals surface area contributed by atoms with Crippen LogP contribution < -0.4 is 16.6 Å². The van der Waals surface area contributed by atoms with Crippen molar-refractivity contribution >= 4 is 11.2 Å². The van der Waals surface area contributed by atoms with Crippen molar-refractivity contribution < 1.29 is 0 Å². The molecule has 0 spiro atoms. The number of nitrogens with one attached hydrogen (secondary N) is 1. The fourth-order valence-corrected chi connectivity index (χ4v) is 3.04. The first kappa shape index (κ1) is 17.2. The Morgan fingerprint density at radius 2 is 1.84 bits per heavy atom. The molecule has 2 heterocycles. The molecule has 7 heteroatoms. The molecule has 25 heavy (non-hydrogen) atoms. The molecule has 1 atom stereocenters. The van der Waals surface area contributed by atoms with Gasteiger partial charge in [-0.25, -0.2) is 9.78 Å². The van der Waals surface area contributed by atoms with E-state index in [1.165, 1.54) is 17.2 Å². The Morgan fingerprint density at radius 1 is 1.12 bits per heavy atom. The van der Waals surface area contributed by atoms with Crippen molar-refractivity contribution in [3.8, 4) is 0 Å². The molecule has 132 valence electrons. The molecule has 3 aromatic rings. The van der Waals surface area contributed by atoms with Gasteiger partial charge in [-0.1, -0.05) is 30.3 Å². The summed E-state index contributed by atoms with van der Waals surface area (Å²) in [7, 11) is 3.11. The van der Waals surface area contributed by atoms with Gasteiger partial charge in [-0.2, -0.15) is 0 Å². The lowest BCUT2D eigenvalue weighted by molar-refractivity contribution is 0.515. The number of hydrogen-bond acceptors (Lipinski definition) is 4. The maximum absolute atomic E-state index is 12.4. The molecule has 0 saturated carbocycles. The Morgan fingerprint density at radius 3 is 2.56 bits per heavy atom. The second-order valence-corrected chi connectivity index (χ2v) is 6.36. The first-order chi connectivity index (χ1) is 12.0. The predicted octanol–water partition coefficient (Wildman–Crippen LogP) is 0.654. The molecule has 0 fully saturated rings. The standard InChI is InChI=1S/C18H23N5O2/c1-13(11-14-7-5-4-6-8-14)19-9-10-23-12-20-16-15(23)17(24)22(3)18(25)21(16)2/h4-8,12-13,19H,9-11H2,1-3H3/t13-/m0/s1. The van der Waals surface area contributed by atoms with Crippen LogP contribution in [0.5, 0.6) is 0 Å². The second kappa shape index (κ2) is 7.06. The minimum absolute atomic E-state index is 0.312. The molecule has 0 radical (unpaired) electrons. The van der Waals surface area contributed by atoms with Crippen molar-refractivity contribution in [2.75, 3.05) is 6.54 Å². The van der Waals surface area contributed by atoms with Crippen LogP contribution in [-0.2, 0) is 27.1 Å². The molecule has 0 amide bonds. The Labute approximate surface area is 145 Å². The number of hydrogen-bond donors (Lipinski definition) is 1. The fourth-order valence-electron chi connectivity index (χ4n) is 3.04. The van der Waals surface area contributed by atoms with E-state index in [-0.39, 0.29) is 11.2 Å². The van der Waals surface area contributed by atoms with Gasteiger partial charge in [-0.05, 0) is 18.9 Å². The van der Waals surface area contributed by atoms with Crippen LogP contribution >= 0.6 is 0 Å². The normalized spacial score (nSPS) is 12.6. The summed E-state index contributed by atoms with van der Waals surface area (Å²) in [6, 6.07) is 10.7.